The Labute approximate surface area is 136 Å². The summed E-state index contributed by atoms with van der Waals surface area (Å²) >= 11 is 2.55. The molecule has 0 fully saturated rings. The molecule has 0 atom stereocenters. The number of aryl methyl sites for hydroxylation is 1. The van der Waals surface area contributed by atoms with Crippen LogP contribution < -0.4 is 4.80 Å². The van der Waals surface area contributed by atoms with Crippen LogP contribution in [-0.2, 0) is 16.6 Å². The molecule has 2 heterocycles. The van der Waals surface area contributed by atoms with Gasteiger partial charge >= 0.3 is 0 Å². The standard InChI is InChI=1S/C15H14N2O2S3/c1-3-8-17-12-7-6-11(2)10-13(12)21-15(17)16-22(18,19)14-5-4-9-20-14/h3-7,9-10H,1,8H2,2H3/b16-15-. The fraction of sp³-hybridized carbons (Fsp3) is 0.133. The average Bonchev–Trinajstić information content (AvgIpc) is 3.08. The van der Waals surface area contributed by atoms with Gasteiger partial charge in [-0.25, -0.2) is 0 Å². The van der Waals surface area contributed by atoms with Gasteiger partial charge in [-0.05, 0) is 36.1 Å². The zero-order chi connectivity index (χ0) is 15.7. The first-order valence-corrected chi connectivity index (χ1v) is 9.70. The third-order valence-electron chi connectivity index (χ3n) is 3.10. The second-order valence-electron chi connectivity index (χ2n) is 4.75. The van der Waals surface area contributed by atoms with Crippen LogP contribution in [-0.4, -0.2) is 13.0 Å². The molecule has 0 amide bonds. The van der Waals surface area contributed by atoms with Gasteiger partial charge in [-0.2, -0.15) is 8.42 Å². The molecule has 0 spiro atoms. The van der Waals surface area contributed by atoms with Gasteiger partial charge in [0.2, 0.25) is 4.80 Å². The van der Waals surface area contributed by atoms with Gasteiger partial charge in [-0.1, -0.05) is 29.5 Å². The number of hydrogen-bond donors (Lipinski definition) is 0. The number of rotatable bonds is 4. The van der Waals surface area contributed by atoms with Crippen molar-refractivity contribution in [2.24, 2.45) is 4.40 Å². The van der Waals surface area contributed by atoms with Crippen LogP contribution in [0.3, 0.4) is 0 Å². The molecule has 3 aromatic rings. The normalized spacial score (nSPS) is 12.9. The lowest BCUT2D eigenvalue weighted by Crippen LogP contribution is -2.16. The molecule has 22 heavy (non-hydrogen) atoms. The van der Waals surface area contributed by atoms with Gasteiger partial charge in [0, 0.05) is 6.54 Å². The predicted octanol–water partition coefficient (Wildman–Crippen LogP) is 3.55. The number of benzene rings is 1. The van der Waals surface area contributed by atoms with E-state index in [9.17, 15) is 8.42 Å². The first-order chi connectivity index (χ1) is 10.5. The van der Waals surface area contributed by atoms with Crippen LogP contribution in [0, 0.1) is 6.92 Å². The molecule has 2 aromatic heterocycles. The molecule has 7 heteroatoms. The van der Waals surface area contributed by atoms with Crippen molar-refractivity contribution in [2.45, 2.75) is 17.7 Å². The Hall–Kier alpha value is -1.70. The lowest BCUT2D eigenvalue weighted by molar-refractivity contribution is 0.598. The summed E-state index contributed by atoms with van der Waals surface area (Å²) in [7, 11) is -3.67. The van der Waals surface area contributed by atoms with E-state index < -0.39 is 10.0 Å². The minimum atomic E-state index is -3.67. The molecule has 0 radical (unpaired) electrons. The Bertz CT molecular complexity index is 993. The molecule has 1 aromatic carbocycles. The van der Waals surface area contributed by atoms with Crippen molar-refractivity contribution < 1.29 is 8.42 Å². The van der Waals surface area contributed by atoms with E-state index in [-0.39, 0.29) is 4.21 Å². The Kier molecular flexibility index (Phi) is 4.03. The van der Waals surface area contributed by atoms with Crippen molar-refractivity contribution in [2.75, 3.05) is 0 Å². The van der Waals surface area contributed by atoms with Crippen LogP contribution in [0.25, 0.3) is 10.2 Å². The van der Waals surface area contributed by atoms with Crippen LogP contribution in [0.5, 0.6) is 0 Å². The first-order valence-electron chi connectivity index (χ1n) is 6.57. The van der Waals surface area contributed by atoms with Crippen LogP contribution in [0.2, 0.25) is 0 Å². The van der Waals surface area contributed by atoms with Crippen molar-refractivity contribution in [3.05, 3.63) is 58.7 Å². The van der Waals surface area contributed by atoms with Gasteiger partial charge in [-0.15, -0.1) is 22.3 Å². The summed E-state index contributed by atoms with van der Waals surface area (Å²) < 4.78 is 31.9. The van der Waals surface area contributed by atoms with Gasteiger partial charge in [0.05, 0.1) is 10.2 Å². The fourth-order valence-electron chi connectivity index (χ4n) is 2.11. The Morgan fingerprint density at radius 2 is 2.18 bits per heavy atom. The van der Waals surface area contributed by atoms with Gasteiger partial charge in [-0.3, -0.25) is 0 Å². The zero-order valence-electron chi connectivity index (χ0n) is 11.9. The molecule has 0 aliphatic carbocycles. The monoisotopic (exact) mass is 350 g/mol. The van der Waals surface area contributed by atoms with Gasteiger partial charge in [0.15, 0.2) is 0 Å². The number of fused-ring (bicyclic) bond motifs is 1. The number of hydrogen-bond acceptors (Lipinski definition) is 4. The van der Waals surface area contributed by atoms with E-state index in [0.717, 1.165) is 15.8 Å². The number of nitrogens with zero attached hydrogens (tertiary/aromatic N) is 2. The van der Waals surface area contributed by atoms with Crippen molar-refractivity contribution in [3.63, 3.8) is 0 Å². The van der Waals surface area contributed by atoms with Gasteiger partial charge in [0.1, 0.15) is 4.21 Å². The lowest BCUT2D eigenvalue weighted by atomic mass is 10.2. The van der Waals surface area contributed by atoms with E-state index in [1.807, 2.05) is 29.7 Å². The molecule has 4 nitrogen and oxygen atoms in total. The predicted molar refractivity (Wildman–Crippen MR) is 91.8 cm³/mol. The number of allylic oxidation sites excluding steroid dienone is 1. The van der Waals surface area contributed by atoms with Gasteiger partial charge in [0.25, 0.3) is 10.0 Å². The van der Waals surface area contributed by atoms with E-state index in [1.54, 1.807) is 23.6 Å². The Morgan fingerprint density at radius 1 is 1.36 bits per heavy atom. The highest BCUT2D eigenvalue weighted by atomic mass is 32.2. The van der Waals surface area contributed by atoms with Crippen LogP contribution in [0.15, 0.2) is 57.0 Å². The molecule has 0 saturated heterocycles. The third-order valence-corrected chi connectivity index (χ3v) is 6.89. The third kappa shape index (κ3) is 2.79. The maximum atomic E-state index is 12.4. The molecular weight excluding hydrogens is 336 g/mol. The van der Waals surface area contributed by atoms with E-state index in [2.05, 4.69) is 11.0 Å². The summed E-state index contributed by atoms with van der Waals surface area (Å²) in [6.07, 6.45) is 1.74. The molecular formula is C15H14N2O2S3. The summed E-state index contributed by atoms with van der Waals surface area (Å²) in [6, 6.07) is 9.31. The fourth-order valence-corrected chi connectivity index (χ4v) is 5.42. The molecule has 114 valence electrons. The second kappa shape index (κ2) is 5.83. The minimum absolute atomic E-state index is 0.256. The van der Waals surface area contributed by atoms with Crippen molar-refractivity contribution in [3.8, 4) is 0 Å². The highest BCUT2D eigenvalue weighted by Gasteiger charge is 2.15. The zero-order valence-corrected chi connectivity index (χ0v) is 14.3. The molecule has 3 rings (SSSR count). The van der Waals surface area contributed by atoms with Gasteiger partial charge < -0.3 is 4.57 Å². The SMILES string of the molecule is C=CCn1/c(=N/S(=O)(=O)c2cccs2)sc2cc(C)ccc21. The van der Waals surface area contributed by atoms with E-state index in [1.165, 1.54) is 22.7 Å². The number of thiazole rings is 1. The largest absolute Gasteiger partial charge is 0.312 e. The maximum absolute atomic E-state index is 12.4. The van der Waals surface area contributed by atoms with Crippen LogP contribution in [0.4, 0.5) is 0 Å². The van der Waals surface area contributed by atoms with Crippen LogP contribution in [0.1, 0.15) is 5.56 Å². The summed E-state index contributed by atoms with van der Waals surface area (Å²) in [5.74, 6) is 0. The Balaban J connectivity index is 2.28. The topological polar surface area (TPSA) is 51.4 Å². The van der Waals surface area contributed by atoms with E-state index >= 15 is 0 Å². The molecule has 0 aliphatic rings. The van der Waals surface area contributed by atoms with E-state index in [4.69, 9.17) is 0 Å². The molecule has 0 bridgehead atoms. The quantitative estimate of drug-likeness (QED) is 0.676. The summed E-state index contributed by atoms with van der Waals surface area (Å²) in [5.41, 5.74) is 2.10. The van der Waals surface area contributed by atoms with Crippen LogP contribution >= 0.6 is 22.7 Å². The first kappa shape index (κ1) is 15.2. The summed E-state index contributed by atoms with van der Waals surface area (Å²) in [4.78, 5) is 0.467. The Morgan fingerprint density at radius 3 is 2.86 bits per heavy atom. The summed E-state index contributed by atoms with van der Waals surface area (Å²) in [6.45, 7) is 6.27. The highest BCUT2D eigenvalue weighted by molar-refractivity contribution is 7.92. The number of thiophene rings is 1. The second-order valence-corrected chi connectivity index (χ2v) is 8.54. The molecule has 0 saturated carbocycles. The van der Waals surface area contributed by atoms with Crippen molar-refractivity contribution >= 4 is 42.9 Å². The minimum Gasteiger partial charge on any atom is -0.312 e. The number of aromatic nitrogens is 1. The molecule has 0 N–H and O–H groups in total. The molecule has 0 unspecified atom stereocenters. The van der Waals surface area contributed by atoms with Crippen molar-refractivity contribution in [1.29, 1.82) is 0 Å². The highest BCUT2D eigenvalue weighted by Crippen LogP contribution is 2.21. The average molecular weight is 350 g/mol. The number of sulfonamides is 1. The van der Waals surface area contributed by atoms with E-state index in [0.29, 0.717) is 11.3 Å². The molecule has 0 aliphatic heterocycles. The lowest BCUT2D eigenvalue weighted by Gasteiger charge is -2.01. The summed E-state index contributed by atoms with van der Waals surface area (Å²) in [5, 5.41) is 1.73. The van der Waals surface area contributed by atoms with Crippen molar-refractivity contribution in [1.82, 2.24) is 4.57 Å². The maximum Gasteiger partial charge on any atom is 0.294 e. The smallest absolute Gasteiger partial charge is 0.294 e.